The summed E-state index contributed by atoms with van der Waals surface area (Å²) in [6, 6.07) is 8.66. The fraction of sp³-hybridized carbons (Fsp3) is 0.520. The van der Waals surface area contributed by atoms with Crippen molar-refractivity contribution in [1.29, 1.82) is 0 Å². The van der Waals surface area contributed by atoms with E-state index in [-0.39, 0.29) is 18.1 Å². The number of carbonyl (C=O) groups excluding carboxylic acids is 1. The zero-order valence-corrected chi connectivity index (χ0v) is 20.5. The second-order valence-corrected chi connectivity index (χ2v) is 9.05. The number of nitrogens with one attached hydrogen (secondary N) is 3. The minimum Gasteiger partial charge on any atom is -0.377 e. The van der Waals surface area contributed by atoms with Gasteiger partial charge in [0.15, 0.2) is 11.5 Å². The molecule has 0 aliphatic heterocycles. The monoisotopic (exact) mass is 465 g/mol. The molecule has 1 saturated carbocycles. The number of hydrogen-bond acceptors (Lipinski definition) is 6. The SMILES string of the molecule is CCCNC(=O)NC1CCC(Nc2nc(COC)nc3c2c(C)nn3-c2ccc(C)cc2)CC1. The van der Waals surface area contributed by atoms with Gasteiger partial charge in [-0.3, -0.25) is 0 Å². The zero-order chi connectivity index (χ0) is 24.1. The number of amides is 2. The fourth-order valence-electron chi connectivity index (χ4n) is 4.44. The van der Waals surface area contributed by atoms with Gasteiger partial charge in [0.25, 0.3) is 0 Å². The van der Waals surface area contributed by atoms with Gasteiger partial charge in [-0.05, 0) is 58.1 Å². The van der Waals surface area contributed by atoms with Crippen molar-refractivity contribution in [3.63, 3.8) is 0 Å². The third kappa shape index (κ3) is 5.47. The maximum atomic E-state index is 12.0. The Morgan fingerprint density at radius 2 is 1.79 bits per heavy atom. The molecule has 0 radical (unpaired) electrons. The quantitative estimate of drug-likeness (QED) is 0.464. The molecule has 9 nitrogen and oxygen atoms in total. The van der Waals surface area contributed by atoms with Crippen molar-refractivity contribution < 1.29 is 9.53 Å². The summed E-state index contributed by atoms with van der Waals surface area (Å²) in [4.78, 5) is 21.6. The van der Waals surface area contributed by atoms with Gasteiger partial charge < -0.3 is 20.7 Å². The summed E-state index contributed by atoms with van der Waals surface area (Å²) in [6.07, 6.45) is 4.70. The van der Waals surface area contributed by atoms with Gasteiger partial charge >= 0.3 is 6.03 Å². The summed E-state index contributed by atoms with van der Waals surface area (Å²) in [5, 5.41) is 15.4. The summed E-state index contributed by atoms with van der Waals surface area (Å²) in [7, 11) is 1.65. The molecular formula is C25H35N7O2. The molecule has 1 aliphatic carbocycles. The number of aryl methyl sites for hydroxylation is 2. The van der Waals surface area contributed by atoms with Crippen molar-refractivity contribution in [2.24, 2.45) is 0 Å². The van der Waals surface area contributed by atoms with Gasteiger partial charge in [-0.25, -0.2) is 19.4 Å². The molecule has 0 unspecified atom stereocenters. The highest BCUT2D eigenvalue weighted by Crippen LogP contribution is 2.29. The van der Waals surface area contributed by atoms with Gasteiger partial charge in [0.1, 0.15) is 12.4 Å². The molecule has 1 aliphatic rings. The van der Waals surface area contributed by atoms with Gasteiger partial charge in [0.2, 0.25) is 0 Å². The maximum absolute atomic E-state index is 12.0. The summed E-state index contributed by atoms with van der Waals surface area (Å²) in [6.45, 7) is 7.13. The number of hydrogen-bond donors (Lipinski definition) is 3. The van der Waals surface area contributed by atoms with E-state index in [1.807, 2.05) is 18.5 Å². The van der Waals surface area contributed by atoms with Crippen molar-refractivity contribution in [2.45, 2.75) is 71.6 Å². The van der Waals surface area contributed by atoms with Crippen molar-refractivity contribution >= 4 is 22.9 Å². The highest BCUT2D eigenvalue weighted by molar-refractivity contribution is 5.90. The van der Waals surface area contributed by atoms with Crippen LogP contribution < -0.4 is 16.0 Å². The lowest BCUT2D eigenvalue weighted by atomic mass is 9.91. The van der Waals surface area contributed by atoms with Crippen molar-refractivity contribution in [3.8, 4) is 5.69 Å². The average Bonchev–Trinajstić information content (AvgIpc) is 3.16. The van der Waals surface area contributed by atoms with Gasteiger partial charge in [-0.1, -0.05) is 24.6 Å². The van der Waals surface area contributed by atoms with Crippen LogP contribution in [0.15, 0.2) is 24.3 Å². The summed E-state index contributed by atoms with van der Waals surface area (Å²) in [5.74, 6) is 1.42. The van der Waals surface area contributed by atoms with Gasteiger partial charge in [0.05, 0.1) is 16.8 Å². The molecule has 34 heavy (non-hydrogen) atoms. The van der Waals surface area contributed by atoms with E-state index in [0.29, 0.717) is 19.0 Å². The minimum absolute atomic E-state index is 0.0703. The topological polar surface area (TPSA) is 106 Å². The Hall–Kier alpha value is -3.20. The number of fused-ring (bicyclic) bond motifs is 1. The molecule has 2 heterocycles. The van der Waals surface area contributed by atoms with Crippen LogP contribution in [0.2, 0.25) is 0 Å². The highest BCUT2D eigenvalue weighted by atomic mass is 16.5. The Balaban J connectivity index is 1.54. The molecule has 0 spiro atoms. The Morgan fingerprint density at radius 3 is 2.47 bits per heavy atom. The fourth-order valence-corrected chi connectivity index (χ4v) is 4.44. The van der Waals surface area contributed by atoms with E-state index in [4.69, 9.17) is 19.8 Å². The Labute approximate surface area is 200 Å². The Kier molecular flexibility index (Phi) is 7.62. The van der Waals surface area contributed by atoms with Crippen LogP contribution in [0.3, 0.4) is 0 Å². The highest BCUT2D eigenvalue weighted by Gasteiger charge is 2.25. The number of benzene rings is 1. The van der Waals surface area contributed by atoms with E-state index in [1.165, 1.54) is 5.56 Å². The number of methoxy groups -OCH3 is 1. The first-order valence-electron chi connectivity index (χ1n) is 12.1. The van der Waals surface area contributed by atoms with Gasteiger partial charge in [-0.15, -0.1) is 0 Å². The van der Waals surface area contributed by atoms with Gasteiger partial charge in [0, 0.05) is 25.7 Å². The number of urea groups is 1. The van der Waals surface area contributed by atoms with Crippen molar-refractivity contribution in [2.75, 3.05) is 19.0 Å². The molecule has 2 amide bonds. The maximum Gasteiger partial charge on any atom is 0.315 e. The lowest BCUT2D eigenvalue weighted by Gasteiger charge is -2.30. The summed E-state index contributed by atoms with van der Waals surface area (Å²) < 4.78 is 7.22. The molecule has 0 atom stereocenters. The third-order valence-electron chi connectivity index (χ3n) is 6.24. The van der Waals surface area contributed by atoms with E-state index >= 15 is 0 Å². The first-order chi connectivity index (χ1) is 16.5. The van der Waals surface area contributed by atoms with Crippen LogP contribution in [0.25, 0.3) is 16.7 Å². The minimum atomic E-state index is -0.0703. The van der Waals surface area contributed by atoms with E-state index in [2.05, 4.69) is 47.1 Å². The zero-order valence-electron chi connectivity index (χ0n) is 20.5. The standard InChI is InChI=1S/C25H35N7O2/c1-5-14-26-25(33)28-19-10-8-18(9-11-19)27-23-22-17(3)31-32(20-12-6-16(2)7-13-20)24(22)30-21(29-23)15-34-4/h6-7,12-13,18-19H,5,8-11,14-15H2,1-4H3,(H2,26,28,33)(H,27,29,30). The van der Waals surface area contributed by atoms with Gasteiger partial charge in [-0.2, -0.15) is 5.10 Å². The van der Waals surface area contributed by atoms with Crippen LogP contribution in [0, 0.1) is 13.8 Å². The van der Waals surface area contributed by atoms with Crippen LogP contribution in [-0.2, 0) is 11.3 Å². The summed E-state index contributed by atoms with van der Waals surface area (Å²) >= 11 is 0. The molecule has 1 fully saturated rings. The lowest BCUT2D eigenvalue weighted by molar-refractivity contribution is 0.178. The second kappa shape index (κ2) is 10.8. The molecule has 182 valence electrons. The molecule has 3 N–H and O–H groups in total. The second-order valence-electron chi connectivity index (χ2n) is 9.05. The lowest BCUT2D eigenvalue weighted by Crippen LogP contribution is -2.45. The average molecular weight is 466 g/mol. The van der Waals surface area contributed by atoms with Crippen LogP contribution in [0.1, 0.15) is 56.1 Å². The van der Waals surface area contributed by atoms with Crippen LogP contribution in [0.4, 0.5) is 10.6 Å². The summed E-state index contributed by atoms with van der Waals surface area (Å²) in [5.41, 5.74) is 3.81. The molecule has 0 saturated heterocycles. The number of nitrogens with zero attached hydrogens (tertiary/aromatic N) is 4. The van der Waals surface area contributed by atoms with Crippen LogP contribution >= 0.6 is 0 Å². The van der Waals surface area contributed by atoms with Crippen molar-refractivity contribution in [1.82, 2.24) is 30.4 Å². The largest absolute Gasteiger partial charge is 0.377 e. The first-order valence-corrected chi connectivity index (χ1v) is 12.1. The Bertz CT molecular complexity index is 1120. The van der Waals surface area contributed by atoms with E-state index < -0.39 is 0 Å². The number of ether oxygens (including phenoxy) is 1. The normalized spacial score (nSPS) is 18.1. The van der Waals surface area contributed by atoms with E-state index in [1.54, 1.807) is 7.11 Å². The van der Waals surface area contributed by atoms with E-state index in [0.717, 1.165) is 60.3 Å². The molecule has 0 bridgehead atoms. The number of rotatable bonds is 8. The van der Waals surface area contributed by atoms with E-state index in [9.17, 15) is 4.79 Å². The van der Waals surface area contributed by atoms with Crippen LogP contribution in [0.5, 0.6) is 0 Å². The third-order valence-corrected chi connectivity index (χ3v) is 6.24. The molecule has 9 heteroatoms. The predicted molar refractivity (Wildman–Crippen MR) is 133 cm³/mol. The number of aromatic nitrogens is 4. The first kappa shape index (κ1) is 23.9. The molecule has 4 rings (SSSR count). The smallest absolute Gasteiger partial charge is 0.315 e. The van der Waals surface area contributed by atoms with Crippen LogP contribution in [-0.4, -0.2) is 51.5 Å². The number of anilines is 1. The molecular weight excluding hydrogens is 430 g/mol. The molecule has 3 aromatic rings. The molecule has 1 aromatic carbocycles. The predicted octanol–water partition coefficient (Wildman–Crippen LogP) is 4.01. The van der Waals surface area contributed by atoms with Crippen molar-refractivity contribution in [3.05, 3.63) is 41.3 Å². The Morgan fingerprint density at radius 1 is 1.09 bits per heavy atom. The molecule has 2 aromatic heterocycles. The number of carbonyl (C=O) groups is 1.